The molecule has 102 valence electrons. The Balaban J connectivity index is 1.80. The number of aromatic nitrogens is 3. The Bertz CT molecular complexity index is 708. The van der Waals surface area contributed by atoms with Crippen LogP contribution in [0.15, 0.2) is 18.3 Å². The number of aromatic amines is 1. The number of rotatable bonds is 2. The van der Waals surface area contributed by atoms with Crippen LogP contribution in [-0.2, 0) is 9.59 Å². The van der Waals surface area contributed by atoms with Gasteiger partial charge in [-0.3, -0.25) is 29.8 Å². The summed E-state index contributed by atoms with van der Waals surface area (Å²) in [5.74, 6) is -1.32. The molecule has 3 heterocycles. The average molecular weight is 273 g/mol. The predicted molar refractivity (Wildman–Crippen MR) is 67.5 cm³/mol. The molecule has 0 saturated carbocycles. The number of H-pyrrole nitrogens is 1. The first-order valence-electron chi connectivity index (χ1n) is 6.09. The lowest BCUT2D eigenvalue weighted by Crippen LogP contribution is -2.52. The van der Waals surface area contributed by atoms with Gasteiger partial charge in [-0.2, -0.15) is 5.10 Å². The average Bonchev–Trinajstić information content (AvgIpc) is 2.86. The second-order valence-electron chi connectivity index (χ2n) is 4.45. The van der Waals surface area contributed by atoms with E-state index in [1.54, 1.807) is 18.3 Å². The number of hydrogen-bond donors (Lipinski definition) is 3. The molecule has 0 radical (unpaired) electrons. The van der Waals surface area contributed by atoms with E-state index in [1.807, 2.05) is 0 Å². The van der Waals surface area contributed by atoms with E-state index in [4.69, 9.17) is 0 Å². The van der Waals surface area contributed by atoms with Crippen LogP contribution in [0.2, 0.25) is 0 Å². The number of pyridine rings is 1. The Hall–Kier alpha value is -2.77. The molecule has 1 atom stereocenters. The molecule has 1 fully saturated rings. The third-order valence-corrected chi connectivity index (χ3v) is 3.08. The van der Waals surface area contributed by atoms with Gasteiger partial charge in [0.2, 0.25) is 11.8 Å². The largest absolute Gasteiger partial charge is 0.339 e. The first kappa shape index (κ1) is 12.3. The summed E-state index contributed by atoms with van der Waals surface area (Å²) in [6.07, 6.45) is 2.04. The Morgan fingerprint density at radius 2 is 2.25 bits per heavy atom. The lowest BCUT2D eigenvalue weighted by atomic mass is 10.1. The summed E-state index contributed by atoms with van der Waals surface area (Å²) < 4.78 is 0. The van der Waals surface area contributed by atoms with Crippen LogP contribution in [-0.4, -0.2) is 38.9 Å². The lowest BCUT2D eigenvalue weighted by Gasteiger charge is -2.21. The first-order valence-corrected chi connectivity index (χ1v) is 6.09. The number of amides is 3. The molecule has 2 aromatic rings. The van der Waals surface area contributed by atoms with Crippen LogP contribution in [0.25, 0.3) is 11.0 Å². The number of hydrogen-bond acceptors (Lipinski definition) is 5. The van der Waals surface area contributed by atoms with Crippen LogP contribution < -0.4 is 10.6 Å². The number of piperidine rings is 1. The van der Waals surface area contributed by atoms with Gasteiger partial charge in [-0.15, -0.1) is 0 Å². The van der Waals surface area contributed by atoms with Gasteiger partial charge >= 0.3 is 0 Å². The fourth-order valence-corrected chi connectivity index (χ4v) is 2.07. The molecule has 2 aromatic heterocycles. The van der Waals surface area contributed by atoms with Crippen LogP contribution in [0.4, 0.5) is 0 Å². The van der Waals surface area contributed by atoms with Crippen molar-refractivity contribution < 1.29 is 14.4 Å². The molecule has 1 aliphatic rings. The summed E-state index contributed by atoms with van der Waals surface area (Å²) in [5.41, 5.74) is 1.21. The number of nitrogens with one attached hydrogen (secondary N) is 3. The van der Waals surface area contributed by atoms with Crippen LogP contribution in [0.1, 0.15) is 23.3 Å². The van der Waals surface area contributed by atoms with Crippen molar-refractivity contribution in [2.24, 2.45) is 0 Å². The van der Waals surface area contributed by atoms with Crippen molar-refractivity contribution >= 4 is 28.8 Å². The van der Waals surface area contributed by atoms with Crippen molar-refractivity contribution in [3.63, 3.8) is 0 Å². The summed E-state index contributed by atoms with van der Waals surface area (Å²) in [5, 5.41) is 11.3. The van der Waals surface area contributed by atoms with Crippen molar-refractivity contribution in [1.29, 1.82) is 0 Å². The van der Waals surface area contributed by atoms with Gasteiger partial charge in [0.15, 0.2) is 5.69 Å². The third kappa shape index (κ3) is 2.11. The maximum atomic E-state index is 12.1. The van der Waals surface area contributed by atoms with Crippen molar-refractivity contribution in [2.45, 2.75) is 18.9 Å². The molecular weight excluding hydrogens is 262 g/mol. The summed E-state index contributed by atoms with van der Waals surface area (Å²) >= 11 is 0. The molecule has 3 N–H and O–H groups in total. The Morgan fingerprint density at radius 3 is 3.05 bits per heavy atom. The van der Waals surface area contributed by atoms with E-state index >= 15 is 0 Å². The van der Waals surface area contributed by atoms with Gasteiger partial charge in [-0.05, 0) is 18.6 Å². The minimum absolute atomic E-state index is 0.130. The van der Waals surface area contributed by atoms with Crippen molar-refractivity contribution in [2.75, 3.05) is 0 Å². The zero-order valence-corrected chi connectivity index (χ0v) is 10.3. The topological polar surface area (TPSA) is 117 Å². The lowest BCUT2D eigenvalue weighted by molar-refractivity contribution is -0.134. The van der Waals surface area contributed by atoms with E-state index in [0.29, 0.717) is 11.0 Å². The molecule has 1 aliphatic heterocycles. The van der Waals surface area contributed by atoms with Gasteiger partial charge in [0.05, 0.1) is 5.52 Å². The second kappa shape index (κ2) is 4.72. The number of carbonyl (C=O) groups excluding carboxylic acids is 3. The van der Waals surface area contributed by atoms with Gasteiger partial charge in [-0.1, -0.05) is 0 Å². The molecule has 0 spiro atoms. The maximum absolute atomic E-state index is 12.1. The minimum Gasteiger partial charge on any atom is -0.339 e. The Morgan fingerprint density at radius 1 is 1.40 bits per heavy atom. The molecular formula is C12H11N5O3. The number of carbonyl (C=O) groups is 3. The van der Waals surface area contributed by atoms with Gasteiger partial charge in [-0.25, -0.2) is 0 Å². The van der Waals surface area contributed by atoms with E-state index in [0.717, 1.165) is 0 Å². The molecule has 8 nitrogen and oxygen atoms in total. The molecule has 8 heteroatoms. The van der Waals surface area contributed by atoms with E-state index in [2.05, 4.69) is 25.8 Å². The summed E-state index contributed by atoms with van der Waals surface area (Å²) in [6, 6.07) is 2.75. The Labute approximate surface area is 112 Å². The zero-order chi connectivity index (χ0) is 14.1. The molecule has 0 bridgehead atoms. The minimum atomic E-state index is -0.726. The normalized spacial score (nSPS) is 18.9. The highest BCUT2D eigenvalue weighted by molar-refractivity contribution is 6.06. The fraction of sp³-hybridized carbons (Fsp3) is 0.250. The van der Waals surface area contributed by atoms with Crippen LogP contribution in [0.3, 0.4) is 0 Å². The van der Waals surface area contributed by atoms with Crippen LogP contribution >= 0.6 is 0 Å². The van der Waals surface area contributed by atoms with E-state index in [-0.39, 0.29) is 24.4 Å². The highest BCUT2D eigenvalue weighted by Crippen LogP contribution is 2.13. The number of fused-ring (bicyclic) bond motifs is 1. The zero-order valence-electron chi connectivity index (χ0n) is 10.3. The van der Waals surface area contributed by atoms with E-state index < -0.39 is 17.9 Å². The smallest absolute Gasteiger partial charge is 0.274 e. The standard InChI is InChI=1S/C12H11N5O3/c18-8-4-3-7(11(19)15-8)14-12(20)10-9-6(16-17-10)2-1-5-13-9/h1-2,5,7H,3-4H2,(H,14,20)(H,16,17)(H,15,18,19). The molecule has 3 amide bonds. The van der Waals surface area contributed by atoms with Crippen molar-refractivity contribution in [3.05, 3.63) is 24.0 Å². The Kier molecular flexibility index (Phi) is 2.90. The van der Waals surface area contributed by atoms with Crippen molar-refractivity contribution in [3.8, 4) is 0 Å². The van der Waals surface area contributed by atoms with Gasteiger partial charge in [0.1, 0.15) is 11.6 Å². The monoisotopic (exact) mass is 273 g/mol. The number of nitrogens with zero attached hydrogens (tertiary/aromatic N) is 2. The van der Waals surface area contributed by atoms with Gasteiger partial charge in [0.25, 0.3) is 5.91 Å². The molecule has 1 saturated heterocycles. The highest BCUT2D eigenvalue weighted by Gasteiger charge is 2.29. The predicted octanol–water partition coefficient (Wildman–Crippen LogP) is -0.507. The molecule has 20 heavy (non-hydrogen) atoms. The van der Waals surface area contributed by atoms with E-state index in [1.165, 1.54) is 0 Å². The fourth-order valence-electron chi connectivity index (χ4n) is 2.07. The molecule has 0 aromatic carbocycles. The highest BCUT2D eigenvalue weighted by atomic mass is 16.2. The van der Waals surface area contributed by atoms with Crippen LogP contribution in [0, 0.1) is 0 Å². The van der Waals surface area contributed by atoms with Crippen molar-refractivity contribution in [1.82, 2.24) is 25.8 Å². The quantitative estimate of drug-likeness (QED) is 0.637. The second-order valence-corrected chi connectivity index (χ2v) is 4.45. The number of imide groups is 1. The SMILES string of the molecule is O=C1CCC(NC(=O)c2n[nH]c3cccnc23)C(=O)N1. The van der Waals surface area contributed by atoms with Gasteiger partial charge in [0, 0.05) is 12.6 Å². The van der Waals surface area contributed by atoms with Gasteiger partial charge < -0.3 is 5.32 Å². The third-order valence-electron chi connectivity index (χ3n) is 3.08. The maximum Gasteiger partial charge on any atom is 0.274 e. The van der Waals surface area contributed by atoms with E-state index in [9.17, 15) is 14.4 Å². The summed E-state index contributed by atoms with van der Waals surface area (Å²) in [7, 11) is 0. The molecule has 1 unspecified atom stereocenters. The molecule has 3 rings (SSSR count). The molecule has 0 aliphatic carbocycles. The van der Waals surface area contributed by atoms with Crippen LogP contribution in [0.5, 0.6) is 0 Å². The first-order chi connectivity index (χ1) is 9.65. The summed E-state index contributed by atoms with van der Waals surface area (Å²) in [4.78, 5) is 38.8. The summed E-state index contributed by atoms with van der Waals surface area (Å²) in [6.45, 7) is 0.